The van der Waals surface area contributed by atoms with Gasteiger partial charge in [-0.3, -0.25) is 10.4 Å². The van der Waals surface area contributed by atoms with E-state index in [-0.39, 0.29) is 11.6 Å². The first kappa shape index (κ1) is 12.3. The lowest BCUT2D eigenvalue weighted by Crippen LogP contribution is -2.36. The summed E-state index contributed by atoms with van der Waals surface area (Å²) in [6, 6.07) is 5.07. The summed E-state index contributed by atoms with van der Waals surface area (Å²) in [5, 5.41) is 2.45. The highest BCUT2D eigenvalue weighted by Gasteiger charge is 2.33. The van der Waals surface area contributed by atoms with Crippen molar-refractivity contribution in [3.63, 3.8) is 0 Å². The Bertz CT molecular complexity index is 387. The summed E-state index contributed by atoms with van der Waals surface area (Å²) in [7, 11) is 1.40. The number of guanidine groups is 1. The van der Waals surface area contributed by atoms with E-state index in [1.165, 1.54) is 25.2 Å². The Labute approximate surface area is 90.3 Å². The van der Waals surface area contributed by atoms with Crippen molar-refractivity contribution in [2.75, 3.05) is 12.4 Å². The van der Waals surface area contributed by atoms with Crippen LogP contribution in [0.15, 0.2) is 29.3 Å². The number of anilines is 1. The van der Waals surface area contributed by atoms with Gasteiger partial charge in [0.05, 0.1) is 11.3 Å². The average Bonchev–Trinajstić information content (AvgIpc) is 2.25. The van der Waals surface area contributed by atoms with Crippen LogP contribution in [-0.4, -0.2) is 13.0 Å². The van der Waals surface area contributed by atoms with Gasteiger partial charge in [-0.1, -0.05) is 12.1 Å². The van der Waals surface area contributed by atoms with Crippen molar-refractivity contribution in [1.29, 1.82) is 0 Å². The minimum absolute atomic E-state index is 0.0525. The minimum Gasteiger partial charge on any atom is -0.325 e. The third kappa shape index (κ3) is 2.86. The average molecular weight is 232 g/mol. The molecule has 0 atom stereocenters. The highest BCUT2D eigenvalue weighted by Crippen LogP contribution is 2.34. The molecule has 1 aromatic carbocycles. The molecule has 0 aliphatic heterocycles. The number of aliphatic imine (C=N–C) groups is 1. The monoisotopic (exact) mass is 232 g/mol. The van der Waals surface area contributed by atoms with Gasteiger partial charge in [-0.25, -0.2) is 5.84 Å². The van der Waals surface area contributed by atoms with Crippen LogP contribution >= 0.6 is 0 Å². The fraction of sp³-hybridized carbons (Fsp3) is 0.222. The van der Waals surface area contributed by atoms with Crippen molar-refractivity contribution in [3.05, 3.63) is 29.8 Å². The Kier molecular flexibility index (Phi) is 3.73. The normalized spacial score (nSPS) is 12.4. The Morgan fingerprint density at radius 1 is 1.31 bits per heavy atom. The molecule has 88 valence electrons. The largest absolute Gasteiger partial charge is 0.418 e. The molecule has 0 heterocycles. The maximum Gasteiger partial charge on any atom is 0.418 e. The molecule has 0 bridgehead atoms. The number of halogens is 3. The van der Waals surface area contributed by atoms with E-state index in [0.29, 0.717) is 0 Å². The second-order valence-electron chi connectivity index (χ2n) is 2.88. The van der Waals surface area contributed by atoms with E-state index in [0.717, 1.165) is 6.07 Å². The Balaban J connectivity index is 3.05. The molecule has 1 rings (SSSR count). The lowest BCUT2D eigenvalue weighted by Gasteiger charge is -2.14. The van der Waals surface area contributed by atoms with Crippen LogP contribution in [0.3, 0.4) is 0 Å². The number of hydrogen-bond donors (Lipinski definition) is 3. The van der Waals surface area contributed by atoms with E-state index < -0.39 is 11.7 Å². The molecule has 1 aromatic rings. The van der Waals surface area contributed by atoms with E-state index >= 15 is 0 Å². The van der Waals surface area contributed by atoms with Gasteiger partial charge in [0, 0.05) is 7.05 Å². The number of nitrogens with one attached hydrogen (secondary N) is 2. The first-order valence-electron chi connectivity index (χ1n) is 4.35. The van der Waals surface area contributed by atoms with E-state index in [1.54, 1.807) is 0 Å². The molecule has 0 aliphatic rings. The molecule has 16 heavy (non-hydrogen) atoms. The second-order valence-corrected chi connectivity index (χ2v) is 2.88. The first-order chi connectivity index (χ1) is 7.49. The summed E-state index contributed by atoms with van der Waals surface area (Å²) in [6.45, 7) is 0. The molecule has 0 aromatic heterocycles. The van der Waals surface area contributed by atoms with Crippen LogP contribution in [0, 0.1) is 0 Å². The summed E-state index contributed by atoms with van der Waals surface area (Å²) in [5.74, 6) is 5.12. The van der Waals surface area contributed by atoms with Gasteiger partial charge in [0.1, 0.15) is 0 Å². The number of para-hydroxylation sites is 1. The molecular formula is C9H11F3N4. The van der Waals surface area contributed by atoms with Crippen molar-refractivity contribution in [2.45, 2.75) is 6.18 Å². The molecule has 0 amide bonds. The predicted molar refractivity (Wildman–Crippen MR) is 55.7 cm³/mol. The molecule has 0 aliphatic carbocycles. The van der Waals surface area contributed by atoms with E-state index in [1.807, 2.05) is 0 Å². The maximum atomic E-state index is 12.6. The third-order valence-electron chi connectivity index (χ3n) is 1.85. The van der Waals surface area contributed by atoms with Gasteiger partial charge in [0.15, 0.2) is 0 Å². The van der Waals surface area contributed by atoms with Crippen molar-refractivity contribution < 1.29 is 13.2 Å². The van der Waals surface area contributed by atoms with Crippen molar-refractivity contribution in [3.8, 4) is 0 Å². The molecule has 0 unspecified atom stereocenters. The lowest BCUT2D eigenvalue weighted by atomic mass is 10.1. The first-order valence-corrected chi connectivity index (χ1v) is 4.35. The van der Waals surface area contributed by atoms with Gasteiger partial charge >= 0.3 is 6.18 Å². The Hall–Kier alpha value is -1.76. The van der Waals surface area contributed by atoms with Gasteiger partial charge in [0.2, 0.25) is 5.96 Å². The van der Waals surface area contributed by atoms with E-state index in [4.69, 9.17) is 5.84 Å². The number of hydrogen-bond acceptors (Lipinski definition) is 2. The van der Waals surface area contributed by atoms with Crippen LogP contribution < -0.4 is 16.6 Å². The zero-order valence-electron chi connectivity index (χ0n) is 8.47. The van der Waals surface area contributed by atoms with E-state index in [2.05, 4.69) is 15.7 Å². The topological polar surface area (TPSA) is 62.4 Å². The predicted octanol–water partition coefficient (Wildman–Crippen LogP) is 1.57. The Morgan fingerprint density at radius 2 is 1.94 bits per heavy atom. The van der Waals surface area contributed by atoms with Crippen LogP contribution in [0.2, 0.25) is 0 Å². The number of benzene rings is 1. The molecule has 0 spiro atoms. The second kappa shape index (κ2) is 4.84. The van der Waals surface area contributed by atoms with Crippen LogP contribution in [0.5, 0.6) is 0 Å². The summed E-state index contributed by atoms with van der Waals surface area (Å²) in [6.07, 6.45) is -4.42. The molecule has 7 heteroatoms. The number of hydrazine groups is 1. The third-order valence-corrected chi connectivity index (χ3v) is 1.85. The van der Waals surface area contributed by atoms with Crippen LogP contribution in [-0.2, 0) is 6.18 Å². The van der Waals surface area contributed by atoms with Gasteiger partial charge in [-0.05, 0) is 12.1 Å². The van der Waals surface area contributed by atoms with E-state index in [9.17, 15) is 13.2 Å². The van der Waals surface area contributed by atoms with Gasteiger partial charge in [0.25, 0.3) is 0 Å². The maximum absolute atomic E-state index is 12.6. The van der Waals surface area contributed by atoms with Crippen molar-refractivity contribution >= 4 is 11.6 Å². The number of alkyl halides is 3. The summed E-state index contributed by atoms with van der Waals surface area (Å²) >= 11 is 0. The highest BCUT2D eigenvalue weighted by molar-refractivity contribution is 5.93. The standard InChI is InChI=1S/C9H11F3N4/c1-14-8(16-13)15-7-5-3-2-4-6(7)9(10,11)12/h2-5H,13H2,1H3,(H2,14,15,16). The van der Waals surface area contributed by atoms with Gasteiger partial charge in [-0.2, -0.15) is 13.2 Å². The summed E-state index contributed by atoms with van der Waals surface area (Å²) in [5.41, 5.74) is 1.28. The molecule has 0 saturated heterocycles. The molecule has 4 nitrogen and oxygen atoms in total. The zero-order chi connectivity index (χ0) is 12.2. The number of nitrogens with two attached hydrogens (primary N) is 1. The lowest BCUT2D eigenvalue weighted by molar-refractivity contribution is -0.136. The van der Waals surface area contributed by atoms with Crippen LogP contribution in [0.25, 0.3) is 0 Å². The Morgan fingerprint density at radius 3 is 2.44 bits per heavy atom. The summed E-state index contributed by atoms with van der Waals surface area (Å²) in [4.78, 5) is 3.63. The van der Waals surface area contributed by atoms with Crippen molar-refractivity contribution in [1.82, 2.24) is 5.43 Å². The zero-order valence-corrected chi connectivity index (χ0v) is 8.47. The number of nitrogens with zero attached hydrogens (tertiary/aromatic N) is 1. The fourth-order valence-corrected chi connectivity index (χ4v) is 1.12. The molecule has 0 saturated carbocycles. The van der Waals surface area contributed by atoms with Crippen molar-refractivity contribution in [2.24, 2.45) is 10.8 Å². The van der Waals surface area contributed by atoms with Crippen LogP contribution in [0.1, 0.15) is 5.56 Å². The molecule has 0 fully saturated rings. The minimum atomic E-state index is -4.42. The van der Waals surface area contributed by atoms with Gasteiger partial charge in [-0.15, -0.1) is 0 Å². The quantitative estimate of drug-likeness (QED) is 0.298. The molecule has 0 radical (unpaired) electrons. The number of rotatable bonds is 1. The smallest absolute Gasteiger partial charge is 0.325 e. The summed E-state index contributed by atoms with van der Waals surface area (Å²) < 4.78 is 37.7. The molecular weight excluding hydrogens is 221 g/mol. The van der Waals surface area contributed by atoms with Gasteiger partial charge < -0.3 is 5.32 Å². The highest BCUT2D eigenvalue weighted by atomic mass is 19.4. The SMILES string of the molecule is CN=C(NN)Nc1ccccc1C(F)(F)F. The van der Waals surface area contributed by atoms with Crippen LogP contribution in [0.4, 0.5) is 18.9 Å². The molecule has 4 N–H and O–H groups in total. The fourth-order valence-electron chi connectivity index (χ4n) is 1.12.